The van der Waals surface area contributed by atoms with Crippen molar-refractivity contribution in [1.82, 2.24) is 9.38 Å². The summed E-state index contributed by atoms with van der Waals surface area (Å²) in [5.41, 5.74) is 2.74. The number of aromatic nitrogens is 2. The fourth-order valence-corrected chi connectivity index (χ4v) is 3.76. The van der Waals surface area contributed by atoms with E-state index < -0.39 is 0 Å². The highest BCUT2D eigenvalue weighted by atomic mass is 79.9. The Morgan fingerprint density at radius 1 is 1.04 bits per heavy atom. The number of benzene rings is 2. The minimum absolute atomic E-state index is 0.158. The molecule has 0 saturated heterocycles. The van der Waals surface area contributed by atoms with Gasteiger partial charge in [-0.2, -0.15) is 0 Å². The Balaban J connectivity index is 1.64. The number of fused-ring (bicyclic) bond motifs is 1. The Labute approximate surface area is 145 Å². The lowest BCUT2D eigenvalue weighted by Crippen LogP contribution is -1.89. The van der Waals surface area contributed by atoms with Crippen LogP contribution in [0, 0.1) is 5.82 Å². The first kappa shape index (κ1) is 14.6. The molecule has 0 atom stereocenters. The molecule has 5 heteroatoms. The smallest absolute Gasteiger partial charge is 0.194 e. The van der Waals surface area contributed by atoms with Gasteiger partial charge in [-0.3, -0.25) is 4.40 Å². The summed E-state index contributed by atoms with van der Waals surface area (Å²) in [5, 5.41) is 0. The van der Waals surface area contributed by atoms with Crippen LogP contribution in [0.1, 0.15) is 10.4 Å². The third-order valence-corrected chi connectivity index (χ3v) is 5.19. The van der Waals surface area contributed by atoms with Gasteiger partial charge in [-0.25, -0.2) is 9.37 Å². The molecule has 2 aromatic heterocycles. The van der Waals surface area contributed by atoms with Gasteiger partial charge in [-0.1, -0.05) is 46.3 Å². The van der Waals surface area contributed by atoms with Crippen molar-refractivity contribution in [2.45, 2.75) is 6.42 Å². The molecular formula is C18H12BrFN2S. The highest BCUT2D eigenvalue weighted by Crippen LogP contribution is 2.26. The van der Waals surface area contributed by atoms with Gasteiger partial charge < -0.3 is 0 Å². The first-order valence-electron chi connectivity index (χ1n) is 7.16. The van der Waals surface area contributed by atoms with Crippen molar-refractivity contribution in [3.05, 3.63) is 81.7 Å². The number of rotatable bonds is 3. The average Bonchev–Trinajstić information content (AvgIpc) is 3.09. The van der Waals surface area contributed by atoms with Crippen molar-refractivity contribution in [1.29, 1.82) is 0 Å². The van der Waals surface area contributed by atoms with Crippen LogP contribution < -0.4 is 0 Å². The lowest BCUT2D eigenvalue weighted by atomic mass is 10.1. The van der Waals surface area contributed by atoms with Gasteiger partial charge in [0.2, 0.25) is 0 Å². The summed E-state index contributed by atoms with van der Waals surface area (Å²) in [6, 6.07) is 15.0. The minimum Gasteiger partial charge on any atom is -0.297 e. The molecule has 2 heterocycles. The molecule has 23 heavy (non-hydrogen) atoms. The molecular weight excluding hydrogens is 375 g/mol. The van der Waals surface area contributed by atoms with Crippen LogP contribution in [0.3, 0.4) is 0 Å². The molecule has 0 unspecified atom stereocenters. The zero-order chi connectivity index (χ0) is 15.8. The molecule has 0 aliphatic carbocycles. The molecule has 0 bridgehead atoms. The van der Waals surface area contributed by atoms with Gasteiger partial charge >= 0.3 is 0 Å². The summed E-state index contributed by atoms with van der Waals surface area (Å²) in [7, 11) is 0. The van der Waals surface area contributed by atoms with Gasteiger partial charge in [-0.05, 0) is 23.8 Å². The van der Waals surface area contributed by atoms with E-state index in [4.69, 9.17) is 0 Å². The second-order valence-corrected chi connectivity index (χ2v) is 7.30. The van der Waals surface area contributed by atoms with Crippen LogP contribution in [0.25, 0.3) is 16.2 Å². The Morgan fingerprint density at radius 3 is 2.57 bits per heavy atom. The molecule has 4 aromatic rings. The van der Waals surface area contributed by atoms with Gasteiger partial charge in [0, 0.05) is 33.7 Å². The number of hydrogen-bond acceptors (Lipinski definition) is 2. The summed E-state index contributed by atoms with van der Waals surface area (Å²) in [5.74, 6) is -0.158. The molecule has 4 rings (SSSR count). The van der Waals surface area contributed by atoms with E-state index in [0.29, 0.717) is 12.0 Å². The van der Waals surface area contributed by atoms with E-state index in [1.54, 1.807) is 17.4 Å². The lowest BCUT2D eigenvalue weighted by molar-refractivity contribution is 0.614. The van der Waals surface area contributed by atoms with Crippen molar-refractivity contribution in [2.24, 2.45) is 0 Å². The van der Waals surface area contributed by atoms with Crippen molar-refractivity contribution in [3.63, 3.8) is 0 Å². The maximum Gasteiger partial charge on any atom is 0.194 e. The molecule has 0 N–H and O–H groups in total. The normalized spacial score (nSPS) is 11.2. The monoisotopic (exact) mass is 386 g/mol. The van der Waals surface area contributed by atoms with E-state index >= 15 is 0 Å². The van der Waals surface area contributed by atoms with Crippen LogP contribution in [0.4, 0.5) is 4.39 Å². The molecule has 0 fully saturated rings. The van der Waals surface area contributed by atoms with E-state index in [9.17, 15) is 4.39 Å². The standard InChI is InChI=1S/C18H12BrFN2S/c19-14-7-5-12(6-8-14)17-11-22-10-15(23-18(22)21-17)9-13-3-1-2-4-16(13)20/h1-8,10-11H,9H2. The summed E-state index contributed by atoms with van der Waals surface area (Å²) < 4.78 is 16.8. The molecule has 0 spiro atoms. The van der Waals surface area contributed by atoms with Crippen molar-refractivity contribution in [2.75, 3.05) is 0 Å². The van der Waals surface area contributed by atoms with Crippen LogP contribution in [-0.2, 0) is 6.42 Å². The zero-order valence-electron chi connectivity index (χ0n) is 12.0. The van der Waals surface area contributed by atoms with Crippen LogP contribution >= 0.6 is 27.3 Å². The first-order chi connectivity index (χ1) is 11.2. The predicted octanol–water partition coefficient (Wildman–Crippen LogP) is 5.56. The van der Waals surface area contributed by atoms with Gasteiger partial charge in [0.15, 0.2) is 4.96 Å². The number of imidazole rings is 1. The quantitative estimate of drug-likeness (QED) is 0.450. The van der Waals surface area contributed by atoms with E-state index in [1.807, 2.05) is 53.2 Å². The Hall–Kier alpha value is -1.98. The number of hydrogen-bond donors (Lipinski definition) is 0. The van der Waals surface area contributed by atoms with E-state index in [-0.39, 0.29) is 5.82 Å². The summed E-state index contributed by atoms with van der Waals surface area (Å²) in [6.07, 6.45) is 4.63. The molecule has 0 aliphatic rings. The summed E-state index contributed by atoms with van der Waals surface area (Å²) >= 11 is 5.03. The van der Waals surface area contributed by atoms with Gasteiger partial charge in [0.05, 0.1) is 5.69 Å². The summed E-state index contributed by atoms with van der Waals surface area (Å²) in [6.45, 7) is 0. The third-order valence-electron chi connectivity index (χ3n) is 3.67. The van der Waals surface area contributed by atoms with Crippen molar-refractivity contribution < 1.29 is 4.39 Å². The molecule has 2 nitrogen and oxygen atoms in total. The van der Waals surface area contributed by atoms with Crippen LogP contribution in [-0.4, -0.2) is 9.38 Å². The Kier molecular flexibility index (Phi) is 3.75. The number of halogens is 2. The van der Waals surface area contributed by atoms with Crippen molar-refractivity contribution in [3.8, 4) is 11.3 Å². The fourth-order valence-electron chi connectivity index (χ4n) is 2.51. The Bertz CT molecular complexity index is 941. The topological polar surface area (TPSA) is 17.3 Å². The molecule has 0 radical (unpaired) electrons. The largest absolute Gasteiger partial charge is 0.297 e. The molecule has 0 saturated carbocycles. The maximum atomic E-state index is 13.8. The Morgan fingerprint density at radius 2 is 1.83 bits per heavy atom. The second-order valence-electron chi connectivity index (χ2n) is 5.29. The second kappa shape index (κ2) is 5.91. The minimum atomic E-state index is -0.158. The van der Waals surface area contributed by atoms with E-state index in [0.717, 1.165) is 25.6 Å². The third kappa shape index (κ3) is 2.94. The molecule has 0 amide bonds. The molecule has 114 valence electrons. The SMILES string of the molecule is Fc1ccccc1Cc1cn2cc(-c3ccc(Br)cc3)nc2s1. The number of thiazole rings is 1. The average molecular weight is 387 g/mol. The highest BCUT2D eigenvalue weighted by molar-refractivity contribution is 9.10. The van der Waals surface area contributed by atoms with Crippen LogP contribution in [0.5, 0.6) is 0 Å². The predicted molar refractivity (Wildman–Crippen MR) is 95.4 cm³/mol. The van der Waals surface area contributed by atoms with Gasteiger partial charge in [-0.15, -0.1) is 11.3 Å². The molecule has 0 aliphatic heterocycles. The number of nitrogens with zero attached hydrogens (tertiary/aromatic N) is 2. The molecule has 2 aromatic carbocycles. The maximum absolute atomic E-state index is 13.8. The van der Waals surface area contributed by atoms with Crippen molar-refractivity contribution >= 4 is 32.2 Å². The van der Waals surface area contributed by atoms with Gasteiger partial charge in [0.1, 0.15) is 5.82 Å². The van der Waals surface area contributed by atoms with E-state index in [1.165, 1.54) is 6.07 Å². The zero-order valence-corrected chi connectivity index (χ0v) is 14.4. The highest BCUT2D eigenvalue weighted by Gasteiger charge is 2.10. The van der Waals surface area contributed by atoms with Crippen LogP contribution in [0.2, 0.25) is 0 Å². The van der Waals surface area contributed by atoms with Gasteiger partial charge in [0.25, 0.3) is 0 Å². The lowest BCUT2D eigenvalue weighted by Gasteiger charge is -1.99. The fraction of sp³-hybridized carbons (Fsp3) is 0.0556. The first-order valence-corrected chi connectivity index (χ1v) is 8.77. The summed E-state index contributed by atoms with van der Waals surface area (Å²) in [4.78, 5) is 6.69. The van der Waals surface area contributed by atoms with E-state index in [2.05, 4.69) is 20.9 Å². The van der Waals surface area contributed by atoms with Crippen LogP contribution in [0.15, 0.2) is 65.4 Å².